The Balaban J connectivity index is 2.49. The third kappa shape index (κ3) is 5.64. The summed E-state index contributed by atoms with van der Waals surface area (Å²) in [6, 6.07) is 0. The van der Waals surface area contributed by atoms with Crippen molar-refractivity contribution >= 4 is 11.9 Å². The molecule has 1 atom stereocenters. The Morgan fingerprint density at radius 1 is 1.29 bits per heavy atom. The Morgan fingerprint density at radius 2 is 1.95 bits per heavy atom. The summed E-state index contributed by atoms with van der Waals surface area (Å²) in [6.45, 7) is 3.59. The molecule has 8 heteroatoms. The number of nitrogens with one attached hydrogen (secondary N) is 3. The first-order valence-electron chi connectivity index (χ1n) is 6.60. The summed E-state index contributed by atoms with van der Waals surface area (Å²) >= 11 is 0. The van der Waals surface area contributed by atoms with Gasteiger partial charge in [-0.25, -0.2) is 4.79 Å². The molecule has 1 heterocycles. The van der Waals surface area contributed by atoms with Gasteiger partial charge in [-0.15, -0.1) is 0 Å². The van der Waals surface area contributed by atoms with Gasteiger partial charge in [-0.05, 0) is 19.3 Å². The van der Waals surface area contributed by atoms with Gasteiger partial charge in [0.25, 0.3) is 5.56 Å². The third-order valence-corrected chi connectivity index (χ3v) is 3.03. The molecule has 0 aromatic carbocycles. The molecule has 0 saturated carbocycles. The SMILES string of the molecule is Cc1[nH]c(=O)[nH]c(=O)c1CCC(=O)NCC(C)CC(=O)O. The van der Waals surface area contributed by atoms with Crippen LogP contribution < -0.4 is 16.6 Å². The van der Waals surface area contributed by atoms with Gasteiger partial charge in [0, 0.05) is 30.6 Å². The maximum Gasteiger partial charge on any atom is 0.325 e. The fourth-order valence-electron chi connectivity index (χ4n) is 1.91. The zero-order valence-corrected chi connectivity index (χ0v) is 12.0. The predicted octanol–water partition coefficient (Wildman–Crippen LogP) is -0.469. The van der Waals surface area contributed by atoms with Crippen molar-refractivity contribution in [2.45, 2.75) is 33.1 Å². The fourth-order valence-corrected chi connectivity index (χ4v) is 1.91. The van der Waals surface area contributed by atoms with E-state index < -0.39 is 17.2 Å². The van der Waals surface area contributed by atoms with Crippen molar-refractivity contribution in [2.24, 2.45) is 5.92 Å². The first-order valence-corrected chi connectivity index (χ1v) is 6.60. The molecule has 1 aromatic heterocycles. The molecule has 0 radical (unpaired) electrons. The molecule has 1 unspecified atom stereocenters. The highest BCUT2D eigenvalue weighted by Crippen LogP contribution is 2.02. The molecule has 0 aliphatic heterocycles. The van der Waals surface area contributed by atoms with Gasteiger partial charge < -0.3 is 15.4 Å². The maximum absolute atomic E-state index is 11.7. The fraction of sp³-hybridized carbons (Fsp3) is 0.538. The van der Waals surface area contributed by atoms with Crippen LogP contribution in [0.4, 0.5) is 0 Å². The summed E-state index contributed by atoms with van der Waals surface area (Å²) in [7, 11) is 0. The quantitative estimate of drug-likeness (QED) is 0.540. The van der Waals surface area contributed by atoms with Crippen molar-refractivity contribution < 1.29 is 14.7 Å². The van der Waals surface area contributed by atoms with E-state index in [-0.39, 0.29) is 37.6 Å². The van der Waals surface area contributed by atoms with Crippen LogP contribution in [0.1, 0.15) is 31.0 Å². The number of rotatable bonds is 7. The van der Waals surface area contributed by atoms with Gasteiger partial charge in [0.1, 0.15) is 0 Å². The number of carbonyl (C=O) groups excluding carboxylic acids is 1. The van der Waals surface area contributed by atoms with E-state index in [1.165, 1.54) is 0 Å². The third-order valence-electron chi connectivity index (χ3n) is 3.03. The molecule has 0 aliphatic carbocycles. The van der Waals surface area contributed by atoms with E-state index >= 15 is 0 Å². The minimum Gasteiger partial charge on any atom is -0.481 e. The second-order valence-electron chi connectivity index (χ2n) is 5.02. The number of aromatic nitrogens is 2. The van der Waals surface area contributed by atoms with Crippen molar-refractivity contribution in [3.8, 4) is 0 Å². The van der Waals surface area contributed by atoms with E-state index in [1.807, 2.05) is 0 Å². The molecular weight excluding hydrogens is 278 g/mol. The standard InChI is InChI=1S/C13H19N3O5/c1-7(5-11(18)19)6-14-10(17)4-3-9-8(2)15-13(21)16-12(9)20/h7H,3-6H2,1-2H3,(H,14,17)(H,18,19)(H2,15,16,20,21). The van der Waals surface area contributed by atoms with Crippen molar-refractivity contribution in [2.75, 3.05) is 6.54 Å². The lowest BCUT2D eigenvalue weighted by atomic mass is 10.1. The van der Waals surface area contributed by atoms with Crippen LogP contribution in [0, 0.1) is 12.8 Å². The van der Waals surface area contributed by atoms with Crippen LogP contribution in [-0.2, 0) is 16.0 Å². The van der Waals surface area contributed by atoms with Crippen LogP contribution in [0.15, 0.2) is 9.59 Å². The van der Waals surface area contributed by atoms with E-state index in [0.717, 1.165) is 0 Å². The highest BCUT2D eigenvalue weighted by molar-refractivity contribution is 5.76. The summed E-state index contributed by atoms with van der Waals surface area (Å²) in [4.78, 5) is 49.3. The van der Waals surface area contributed by atoms with Crippen molar-refractivity contribution in [1.29, 1.82) is 0 Å². The monoisotopic (exact) mass is 297 g/mol. The lowest BCUT2D eigenvalue weighted by Gasteiger charge is -2.10. The molecule has 116 valence electrons. The van der Waals surface area contributed by atoms with Gasteiger partial charge in [-0.1, -0.05) is 6.92 Å². The minimum atomic E-state index is -0.910. The van der Waals surface area contributed by atoms with Gasteiger partial charge in [0.05, 0.1) is 0 Å². The molecular formula is C13H19N3O5. The Bertz CT molecular complexity index is 631. The maximum atomic E-state index is 11.7. The average Bonchev–Trinajstić information content (AvgIpc) is 2.34. The Kier molecular flexibility index (Phi) is 5.89. The van der Waals surface area contributed by atoms with E-state index in [2.05, 4.69) is 15.3 Å². The second-order valence-corrected chi connectivity index (χ2v) is 5.02. The van der Waals surface area contributed by atoms with Crippen molar-refractivity contribution in [3.63, 3.8) is 0 Å². The van der Waals surface area contributed by atoms with E-state index in [4.69, 9.17) is 5.11 Å². The summed E-state index contributed by atoms with van der Waals surface area (Å²) < 4.78 is 0. The number of hydrogen-bond donors (Lipinski definition) is 4. The zero-order chi connectivity index (χ0) is 16.0. The summed E-state index contributed by atoms with van der Waals surface area (Å²) in [5.74, 6) is -1.34. The summed E-state index contributed by atoms with van der Waals surface area (Å²) in [5.41, 5.74) is -0.268. The predicted molar refractivity (Wildman–Crippen MR) is 75.2 cm³/mol. The van der Waals surface area contributed by atoms with Crippen LogP contribution in [0.2, 0.25) is 0 Å². The highest BCUT2D eigenvalue weighted by Gasteiger charge is 2.11. The second kappa shape index (κ2) is 7.41. The molecule has 4 N–H and O–H groups in total. The van der Waals surface area contributed by atoms with Crippen LogP contribution >= 0.6 is 0 Å². The van der Waals surface area contributed by atoms with Crippen LogP contribution in [0.3, 0.4) is 0 Å². The normalized spacial score (nSPS) is 11.9. The molecule has 8 nitrogen and oxygen atoms in total. The summed E-state index contributed by atoms with van der Waals surface area (Å²) in [5, 5.41) is 11.2. The zero-order valence-electron chi connectivity index (χ0n) is 12.0. The molecule has 1 amide bonds. The van der Waals surface area contributed by atoms with Crippen molar-refractivity contribution in [1.82, 2.24) is 15.3 Å². The Labute approximate surface area is 120 Å². The van der Waals surface area contributed by atoms with Crippen LogP contribution in [0.5, 0.6) is 0 Å². The van der Waals surface area contributed by atoms with E-state index in [0.29, 0.717) is 11.3 Å². The minimum absolute atomic E-state index is 0.0149. The topological polar surface area (TPSA) is 132 Å². The number of carboxylic acid groups (broad SMARTS) is 1. The van der Waals surface area contributed by atoms with Gasteiger partial charge in [0.15, 0.2) is 0 Å². The number of hydrogen-bond acceptors (Lipinski definition) is 4. The molecule has 0 fully saturated rings. The van der Waals surface area contributed by atoms with E-state index in [1.54, 1.807) is 13.8 Å². The average molecular weight is 297 g/mol. The summed E-state index contributed by atoms with van der Waals surface area (Å²) in [6.07, 6.45) is 0.284. The lowest BCUT2D eigenvalue weighted by Crippen LogP contribution is -2.31. The van der Waals surface area contributed by atoms with Gasteiger partial charge >= 0.3 is 11.7 Å². The van der Waals surface area contributed by atoms with Gasteiger partial charge in [-0.3, -0.25) is 19.4 Å². The van der Waals surface area contributed by atoms with Gasteiger partial charge in [0.2, 0.25) is 5.91 Å². The molecule has 1 rings (SSSR count). The molecule has 1 aromatic rings. The molecule has 0 bridgehead atoms. The molecule has 0 spiro atoms. The lowest BCUT2D eigenvalue weighted by molar-refractivity contribution is -0.138. The Morgan fingerprint density at radius 3 is 2.52 bits per heavy atom. The molecule has 21 heavy (non-hydrogen) atoms. The first kappa shape index (κ1) is 16.7. The Hall–Kier alpha value is -2.38. The first-order chi connectivity index (χ1) is 9.79. The molecule has 0 saturated heterocycles. The smallest absolute Gasteiger partial charge is 0.325 e. The number of carboxylic acids is 1. The number of carbonyl (C=O) groups is 2. The number of H-pyrrole nitrogens is 2. The largest absolute Gasteiger partial charge is 0.481 e. The number of amides is 1. The number of aliphatic carboxylic acids is 1. The highest BCUT2D eigenvalue weighted by atomic mass is 16.4. The van der Waals surface area contributed by atoms with Crippen LogP contribution in [-0.4, -0.2) is 33.5 Å². The number of aromatic amines is 2. The van der Waals surface area contributed by atoms with E-state index in [9.17, 15) is 19.2 Å². The van der Waals surface area contributed by atoms with Crippen LogP contribution in [0.25, 0.3) is 0 Å². The molecule has 0 aliphatic rings. The van der Waals surface area contributed by atoms with Gasteiger partial charge in [-0.2, -0.15) is 0 Å². The number of aryl methyl sites for hydroxylation is 1. The van der Waals surface area contributed by atoms with Crippen molar-refractivity contribution in [3.05, 3.63) is 32.1 Å².